The van der Waals surface area contributed by atoms with Gasteiger partial charge in [0.25, 0.3) is 0 Å². The second-order valence-corrected chi connectivity index (χ2v) is 7.45. The molecule has 1 N–H and O–H groups in total. The standard InChI is InChI=1S/C14H21BrN2S/c15-13-5-8-18-14(13)10-17-6-3-12(4-7-17)16-9-11-1-2-11/h5,8,11-12,16H,1-4,6-7,9-10H2. The van der Waals surface area contributed by atoms with Crippen LogP contribution in [-0.4, -0.2) is 30.6 Å². The Morgan fingerprint density at radius 1 is 1.28 bits per heavy atom. The first-order valence-electron chi connectivity index (χ1n) is 6.99. The molecule has 0 bridgehead atoms. The first kappa shape index (κ1) is 13.1. The molecule has 2 fully saturated rings. The summed E-state index contributed by atoms with van der Waals surface area (Å²) in [7, 11) is 0. The zero-order chi connectivity index (χ0) is 12.4. The van der Waals surface area contributed by atoms with E-state index in [0.717, 1.165) is 18.5 Å². The van der Waals surface area contributed by atoms with Gasteiger partial charge in [-0.2, -0.15) is 0 Å². The highest BCUT2D eigenvalue weighted by Gasteiger charge is 2.24. The van der Waals surface area contributed by atoms with Gasteiger partial charge in [0, 0.05) is 21.9 Å². The van der Waals surface area contributed by atoms with E-state index in [1.807, 2.05) is 11.3 Å². The Kier molecular flexibility index (Phi) is 4.39. The van der Waals surface area contributed by atoms with Gasteiger partial charge in [-0.3, -0.25) is 4.90 Å². The second kappa shape index (κ2) is 6.04. The topological polar surface area (TPSA) is 15.3 Å². The number of nitrogens with zero attached hydrogens (tertiary/aromatic N) is 1. The van der Waals surface area contributed by atoms with E-state index >= 15 is 0 Å². The molecule has 0 atom stereocenters. The van der Waals surface area contributed by atoms with Gasteiger partial charge in [-0.25, -0.2) is 0 Å². The average Bonchev–Trinajstić information content (AvgIpc) is 3.13. The maximum atomic E-state index is 3.74. The molecular weight excluding hydrogens is 308 g/mol. The van der Waals surface area contributed by atoms with Crippen LogP contribution in [0.3, 0.4) is 0 Å². The third kappa shape index (κ3) is 3.56. The van der Waals surface area contributed by atoms with Gasteiger partial charge in [-0.1, -0.05) is 0 Å². The van der Waals surface area contributed by atoms with Crippen LogP contribution in [0.1, 0.15) is 30.6 Å². The lowest BCUT2D eigenvalue weighted by Gasteiger charge is -2.32. The molecule has 1 saturated carbocycles. The highest BCUT2D eigenvalue weighted by Crippen LogP contribution is 2.28. The molecule has 1 saturated heterocycles. The van der Waals surface area contributed by atoms with Crippen molar-refractivity contribution in [2.75, 3.05) is 19.6 Å². The van der Waals surface area contributed by atoms with E-state index in [2.05, 4.69) is 37.6 Å². The number of rotatable bonds is 5. The van der Waals surface area contributed by atoms with Gasteiger partial charge in [0.05, 0.1) is 0 Å². The van der Waals surface area contributed by atoms with Crippen LogP contribution in [0.2, 0.25) is 0 Å². The van der Waals surface area contributed by atoms with E-state index in [4.69, 9.17) is 0 Å². The minimum atomic E-state index is 0.772. The SMILES string of the molecule is Brc1ccsc1CN1CCC(NCC2CC2)CC1. The first-order chi connectivity index (χ1) is 8.81. The van der Waals surface area contributed by atoms with E-state index in [9.17, 15) is 0 Å². The lowest BCUT2D eigenvalue weighted by molar-refractivity contribution is 0.191. The van der Waals surface area contributed by atoms with Crippen molar-refractivity contribution in [1.29, 1.82) is 0 Å². The van der Waals surface area contributed by atoms with Crippen molar-refractivity contribution in [3.8, 4) is 0 Å². The lowest BCUT2D eigenvalue weighted by Crippen LogP contribution is -2.42. The van der Waals surface area contributed by atoms with Crippen LogP contribution in [0.4, 0.5) is 0 Å². The molecule has 0 spiro atoms. The van der Waals surface area contributed by atoms with Gasteiger partial charge >= 0.3 is 0 Å². The summed E-state index contributed by atoms with van der Waals surface area (Å²) in [5.74, 6) is 1.00. The highest BCUT2D eigenvalue weighted by molar-refractivity contribution is 9.10. The third-order valence-corrected chi connectivity index (χ3v) is 5.95. The number of likely N-dealkylation sites (tertiary alicyclic amines) is 1. The Morgan fingerprint density at radius 2 is 2.06 bits per heavy atom. The first-order valence-corrected chi connectivity index (χ1v) is 8.66. The number of halogens is 1. The molecule has 0 amide bonds. The molecule has 2 aliphatic rings. The molecule has 2 heterocycles. The molecule has 0 unspecified atom stereocenters. The summed E-state index contributed by atoms with van der Waals surface area (Å²) >= 11 is 5.49. The number of thiophene rings is 1. The molecule has 3 rings (SSSR count). The van der Waals surface area contributed by atoms with Crippen molar-refractivity contribution in [3.05, 3.63) is 20.8 Å². The van der Waals surface area contributed by atoms with Crippen molar-refractivity contribution >= 4 is 27.3 Å². The second-order valence-electron chi connectivity index (χ2n) is 5.59. The molecule has 0 aromatic carbocycles. The number of hydrogen-bond donors (Lipinski definition) is 1. The van der Waals surface area contributed by atoms with Crippen LogP contribution in [0.25, 0.3) is 0 Å². The minimum absolute atomic E-state index is 0.772. The fourth-order valence-corrected chi connectivity index (χ4v) is 4.11. The summed E-state index contributed by atoms with van der Waals surface area (Å²) in [6.07, 6.45) is 5.54. The normalized spacial score (nSPS) is 22.5. The molecule has 1 aliphatic carbocycles. The molecular formula is C14H21BrN2S. The largest absolute Gasteiger partial charge is 0.314 e. The number of hydrogen-bond acceptors (Lipinski definition) is 3. The molecule has 1 aromatic heterocycles. The Balaban J connectivity index is 1.40. The smallest absolute Gasteiger partial charge is 0.0339 e. The van der Waals surface area contributed by atoms with Crippen LogP contribution in [-0.2, 0) is 6.54 Å². The molecule has 0 radical (unpaired) electrons. The molecule has 18 heavy (non-hydrogen) atoms. The fraction of sp³-hybridized carbons (Fsp3) is 0.714. The van der Waals surface area contributed by atoms with Gasteiger partial charge in [-0.05, 0) is 78.6 Å². The van der Waals surface area contributed by atoms with Crippen LogP contribution >= 0.6 is 27.3 Å². The summed E-state index contributed by atoms with van der Waals surface area (Å²) in [5.41, 5.74) is 0. The maximum absolute atomic E-state index is 3.74. The molecule has 2 nitrogen and oxygen atoms in total. The summed E-state index contributed by atoms with van der Waals surface area (Å²) in [6.45, 7) is 4.87. The van der Waals surface area contributed by atoms with E-state index < -0.39 is 0 Å². The quantitative estimate of drug-likeness (QED) is 0.890. The Labute approximate surface area is 122 Å². The van der Waals surface area contributed by atoms with E-state index in [0.29, 0.717) is 0 Å². The van der Waals surface area contributed by atoms with Gasteiger partial charge in [0.1, 0.15) is 0 Å². The van der Waals surface area contributed by atoms with Gasteiger partial charge in [-0.15, -0.1) is 11.3 Å². The lowest BCUT2D eigenvalue weighted by atomic mass is 10.0. The monoisotopic (exact) mass is 328 g/mol. The van der Waals surface area contributed by atoms with Crippen molar-refractivity contribution in [3.63, 3.8) is 0 Å². The Morgan fingerprint density at radius 3 is 2.67 bits per heavy atom. The highest BCUT2D eigenvalue weighted by atomic mass is 79.9. The molecule has 100 valence electrons. The Hall–Kier alpha value is 0.1000. The summed E-state index contributed by atoms with van der Waals surface area (Å²) < 4.78 is 1.28. The summed E-state index contributed by atoms with van der Waals surface area (Å²) in [4.78, 5) is 4.06. The minimum Gasteiger partial charge on any atom is -0.314 e. The van der Waals surface area contributed by atoms with E-state index in [-0.39, 0.29) is 0 Å². The van der Waals surface area contributed by atoms with Crippen LogP contribution < -0.4 is 5.32 Å². The average molecular weight is 329 g/mol. The van der Waals surface area contributed by atoms with Crippen molar-refractivity contribution in [2.45, 2.75) is 38.3 Å². The maximum Gasteiger partial charge on any atom is 0.0339 e. The number of piperidine rings is 1. The van der Waals surface area contributed by atoms with Crippen molar-refractivity contribution in [1.82, 2.24) is 10.2 Å². The van der Waals surface area contributed by atoms with Gasteiger partial charge in [0.15, 0.2) is 0 Å². The molecule has 1 aromatic rings. The summed E-state index contributed by atoms with van der Waals surface area (Å²) in [5, 5.41) is 5.91. The molecule has 1 aliphatic heterocycles. The van der Waals surface area contributed by atoms with Crippen LogP contribution in [0.5, 0.6) is 0 Å². The predicted molar refractivity (Wildman–Crippen MR) is 81.0 cm³/mol. The van der Waals surface area contributed by atoms with Crippen molar-refractivity contribution in [2.24, 2.45) is 5.92 Å². The number of nitrogens with one attached hydrogen (secondary N) is 1. The molecule has 4 heteroatoms. The van der Waals surface area contributed by atoms with Gasteiger partial charge < -0.3 is 5.32 Å². The Bertz CT molecular complexity index is 381. The zero-order valence-corrected chi connectivity index (χ0v) is 13.1. The predicted octanol–water partition coefficient (Wildman–Crippen LogP) is 3.47. The van der Waals surface area contributed by atoms with Gasteiger partial charge in [0.2, 0.25) is 0 Å². The fourth-order valence-electron chi connectivity index (χ4n) is 2.59. The van der Waals surface area contributed by atoms with Crippen LogP contribution in [0, 0.1) is 5.92 Å². The van der Waals surface area contributed by atoms with E-state index in [1.54, 1.807) is 0 Å². The van der Waals surface area contributed by atoms with Crippen LogP contribution in [0.15, 0.2) is 15.9 Å². The van der Waals surface area contributed by atoms with Crippen molar-refractivity contribution < 1.29 is 0 Å². The third-order valence-electron chi connectivity index (χ3n) is 4.04. The van der Waals surface area contributed by atoms with E-state index in [1.165, 1.54) is 54.7 Å². The summed E-state index contributed by atoms with van der Waals surface area (Å²) in [6, 6.07) is 2.93. The zero-order valence-electron chi connectivity index (χ0n) is 10.7.